The van der Waals surface area contributed by atoms with Crippen LogP contribution >= 0.6 is 0 Å². The zero-order valence-corrected chi connectivity index (χ0v) is 20.9. The fourth-order valence-electron chi connectivity index (χ4n) is 1.54. The van der Waals surface area contributed by atoms with Crippen LogP contribution in [0.15, 0.2) is 24.3 Å². The highest BCUT2D eigenvalue weighted by molar-refractivity contribution is 6.01. The number of ether oxygens (including phenoxy) is 2. The molecular weight excluding hydrogens is 432 g/mol. The van der Waals surface area contributed by atoms with E-state index in [0.717, 1.165) is 19.8 Å². The van der Waals surface area contributed by atoms with E-state index in [-0.39, 0.29) is 35.4 Å². The summed E-state index contributed by atoms with van der Waals surface area (Å²) in [5.41, 5.74) is -0.112. The van der Waals surface area contributed by atoms with E-state index in [4.69, 9.17) is 24.5 Å². The van der Waals surface area contributed by atoms with Crippen molar-refractivity contribution in [3.05, 3.63) is 35.4 Å². The number of hydrogen-bond acceptors (Lipinski definition) is 9. The molecule has 3 atom stereocenters. The van der Waals surface area contributed by atoms with E-state index in [1.807, 2.05) is 27.7 Å². The molecule has 190 valence electrons. The SMILES string of the molecule is CC(=O)[O-].CCC(C)O.CCC(C)OC(=O)c1ccccc1C(=O)[O-].CCC(C)OC(C)=O. The average molecular weight is 471 g/mol. The molecule has 0 spiro atoms. The summed E-state index contributed by atoms with van der Waals surface area (Å²) in [6.07, 6.45) is 2.16. The van der Waals surface area contributed by atoms with E-state index in [1.54, 1.807) is 19.9 Å². The van der Waals surface area contributed by atoms with Gasteiger partial charge in [-0.3, -0.25) is 4.79 Å². The number of carboxylic acid groups (broad SMARTS) is 2. The molecular formula is C24H38O9-2. The third kappa shape index (κ3) is 23.5. The minimum absolute atomic E-state index is 0.0304. The van der Waals surface area contributed by atoms with Crippen LogP contribution in [0.3, 0.4) is 0 Å². The van der Waals surface area contributed by atoms with Crippen molar-refractivity contribution in [2.24, 2.45) is 0 Å². The van der Waals surface area contributed by atoms with Gasteiger partial charge in [-0.05, 0) is 53.0 Å². The second kappa shape index (κ2) is 20.9. The summed E-state index contributed by atoms with van der Waals surface area (Å²) in [5, 5.41) is 28.0. The zero-order valence-electron chi connectivity index (χ0n) is 20.9. The Hall–Kier alpha value is -2.94. The zero-order chi connectivity index (χ0) is 26.6. The average Bonchev–Trinajstić information content (AvgIpc) is 2.73. The lowest BCUT2D eigenvalue weighted by atomic mass is 10.1. The number of aliphatic carboxylic acids is 1. The molecule has 0 heterocycles. The number of carboxylic acids is 2. The van der Waals surface area contributed by atoms with Crippen LogP contribution in [0.25, 0.3) is 0 Å². The summed E-state index contributed by atoms with van der Waals surface area (Å²) in [7, 11) is 0. The van der Waals surface area contributed by atoms with Gasteiger partial charge in [0, 0.05) is 18.5 Å². The first-order valence-electron chi connectivity index (χ1n) is 10.8. The first-order chi connectivity index (χ1) is 15.2. The van der Waals surface area contributed by atoms with E-state index in [2.05, 4.69) is 0 Å². The summed E-state index contributed by atoms with van der Waals surface area (Å²) in [6, 6.07) is 5.85. The Morgan fingerprint density at radius 2 is 1.18 bits per heavy atom. The first kappa shape index (κ1) is 34.7. The number of aromatic carboxylic acids is 1. The van der Waals surface area contributed by atoms with Gasteiger partial charge in [0.05, 0.1) is 29.8 Å². The van der Waals surface area contributed by atoms with Gasteiger partial charge in [0.2, 0.25) is 0 Å². The Balaban J connectivity index is -0.000000440. The van der Waals surface area contributed by atoms with Gasteiger partial charge in [0.25, 0.3) is 0 Å². The Morgan fingerprint density at radius 3 is 1.45 bits per heavy atom. The number of benzene rings is 1. The van der Waals surface area contributed by atoms with Crippen LogP contribution in [0, 0.1) is 0 Å². The van der Waals surface area contributed by atoms with E-state index >= 15 is 0 Å². The van der Waals surface area contributed by atoms with E-state index < -0.39 is 17.9 Å². The van der Waals surface area contributed by atoms with Crippen LogP contribution in [0.1, 0.15) is 95.4 Å². The summed E-state index contributed by atoms with van der Waals surface area (Å²) < 4.78 is 9.81. The number of carbonyl (C=O) groups is 4. The van der Waals surface area contributed by atoms with Gasteiger partial charge in [-0.15, -0.1) is 0 Å². The Morgan fingerprint density at radius 1 is 0.818 bits per heavy atom. The molecule has 0 saturated heterocycles. The molecule has 0 bridgehead atoms. The van der Waals surface area contributed by atoms with Crippen LogP contribution in [-0.2, 0) is 19.1 Å². The third-order valence-corrected chi connectivity index (χ3v) is 3.78. The lowest BCUT2D eigenvalue weighted by Gasteiger charge is -2.13. The topological polar surface area (TPSA) is 153 Å². The van der Waals surface area contributed by atoms with E-state index in [0.29, 0.717) is 6.42 Å². The van der Waals surface area contributed by atoms with Gasteiger partial charge in [-0.2, -0.15) is 0 Å². The van der Waals surface area contributed by atoms with Crippen LogP contribution in [0.2, 0.25) is 0 Å². The number of aliphatic hydroxyl groups is 1. The monoisotopic (exact) mass is 470 g/mol. The fraction of sp³-hybridized carbons (Fsp3) is 0.583. The number of rotatable bonds is 7. The molecule has 0 aliphatic heterocycles. The lowest BCUT2D eigenvalue weighted by molar-refractivity contribution is -0.302. The maximum absolute atomic E-state index is 11.6. The maximum atomic E-state index is 11.6. The number of hydrogen-bond donors (Lipinski definition) is 1. The quantitative estimate of drug-likeness (QED) is 0.588. The molecule has 0 amide bonds. The van der Waals surface area contributed by atoms with Gasteiger partial charge in [0.1, 0.15) is 0 Å². The van der Waals surface area contributed by atoms with Crippen molar-refractivity contribution in [2.75, 3.05) is 0 Å². The van der Waals surface area contributed by atoms with Gasteiger partial charge in [-0.25, -0.2) is 4.79 Å². The molecule has 0 aromatic heterocycles. The minimum Gasteiger partial charge on any atom is -0.550 e. The van der Waals surface area contributed by atoms with Crippen molar-refractivity contribution in [2.45, 2.75) is 93.0 Å². The summed E-state index contributed by atoms with van der Waals surface area (Å²) in [4.78, 5) is 41.5. The Labute approximate surface area is 196 Å². The lowest BCUT2D eigenvalue weighted by Crippen LogP contribution is -2.26. The van der Waals surface area contributed by atoms with Crippen LogP contribution in [-0.4, -0.2) is 47.3 Å². The van der Waals surface area contributed by atoms with Gasteiger partial charge in [-0.1, -0.05) is 39.0 Å². The predicted octanol–water partition coefficient (Wildman–Crippen LogP) is 1.89. The molecule has 3 unspecified atom stereocenters. The maximum Gasteiger partial charge on any atom is 0.339 e. The van der Waals surface area contributed by atoms with Crippen LogP contribution < -0.4 is 10.2 Å². The normalized spacial score (nSPS) is 11.9. The van der Waals surface area contributed by atoms with Crippen LogP contribution in [0.4, 0.5) is 0 Å². The van der Waals surface area contributed by atoms with E-state index in [9.17, 15) is 19.5 Å². The molecule has 1 rings (SSSR count). The highest BCUT2D eigenvalue weighted by Gasteiger charge is 2.14. The molecule has 1 aromatic rings. The Bertz CT molecular complexity index is 695. The molecule has 0 aliphatic carbocycles. The first-order valence-corrected chi connectivity index (χ1v) is 10.8. The molecule has 1 aromatic carbocycles. The van der Waals surface area contributed by atoms with Crippen molar-refractivity contribution in [3.63, 3.8) is 0 Å². The molecule has 9 nitrogen and oxygen atoms in total. The molecule has 0 fully saturated rings. The Kier molecular flexibility index (Phi) is 22.0. The van der Waals surface area contributed by atoms with Crippen molar-refractivity contribution in [1.82, 2.24) is 0 Å². The summed E-state index contributed by atoms with van der Waals surface area (Å²) in [6.45, 7) is 13.6. The predicted molar refractivity (Wildman–Crippen MR) is 120 cm³/mol. The molecule has 0 radical (unpaired) electrons. The van der Waals surface area contributed by atoms with Crippen molar-refractivity contribution >= 4 is 23.9 Å². The van der Waals surface area contributed by atoms with E-state index in [1.165, 1.54) is 25.1 Å². The second-order valence-electron chi connectivity index (χ2n) is 7.03. The van der Waals surface area contributed by atoms with Gasteiger partial charge >= 0.3 is 11.9 Å². The van der Waals surface area contributed by atoms with Crippen LogP contribution in [0.5, 0.6) is 0 Å². The van der Waals surface area contributed by atoms with Crippen molar-refractivity contribution in [1.29, 1.82) is 0 Å². The molecule has 1 N–H and O–H groups in total. The summed E-state index contributed by atoms with van der Waals surface area (Å²) in [5.74, 6) is -3.29. The molecule has 33 heavy (non-hydrogen) atoms. The highest BCUT2D eigenvalue weighted by atomic mass is 16.5. The minimum atomic E-state index is -1.38. The second-order valence-corrected chi connectivity index (χ2v) is 7.03. The fourth-order valence-corrected chi connectivity index (χ4v) is 1.54. The number of carbonyl (C=O) groups excluding carboxylic acids is 4. The number of esters is 2. The molecule has 0 saturated carbocycles. The highest BCUT2D eigenvalue weighted by Crippen LogP contribution is 2.11. The van der Waals surface area contributed by atoms with Crippen molar-refractivity contribution < 1.29 is 44.0 Å². The molecule has 0 aliphatic rings. The third-order valence-electron chi connectivity index (χ3n) is 3.78. The molecule has 9 heteroatoms. The number of aliphatic hydroxyl groups excluding tert-OH is 1. The van der Waals surface area contributed by atoms with Gasteiger partial charge < -0.3 is 34.4 Å². The summed E-state index contributed by atoms with van der Waals surface area (Å²) >= 11 is 0. The largest absolute Gasteiger partial charge is 0.550 e. The van der Waals surface area contributed by atoms with Gasteiger partial charge in [0.15, 0.2) is 0 Å². The van der Waals surface area contributed by atoms with Crippen molar-refractivity contribution in [3.8, 4) is 0 Å². The smallest absolute Gasteiger partial charge is 0.339 e. The standard InChI is InChI=1S/C12H14O4.C6H12O2.C4H10O.C2H4O2/c1-3-8(2)16-12(15)10-7-5-4-6-9(10)11(13)14;1-4-5(2)8-6(3)7;1-3-4(2)5;1-2(3)4/h4-8H,3H2,1-2H3,(H,13,14);5H,4H2,1-3H3;4-5H,3H2,1-2H3;1H3,(H,3,4)/p-2.